The average Bonchev–Trinajstić information content (AvgIpc) is 3.54. The average molecular weight is 464 g/mol. The molecule has 1 unspecified atom stereocenters. The van der Waals surface area contributed by atoms with Gasteiger partial charge in [0.05, 0.1) is 24.2 Å². The van der Waals surface area contributed by atoms with Crippen LogP contribution in [0.25, 0.3) is 0 Å². The molecular weight excluding hydrogens is 433 g/mol. The molecule has 1 aliphatic heterocycles. The lowest BCUT2D eigenvalue weighted by molar-refractivity contribution is 0.102. The summed E-state index contributed by atoms with van der Waals surface area (Å²) in [6.45, 7) is 4.28. The molecule has 7 nitrogen and oxygen atoms in total. The monoisotopic (exact) mass is 463 g/mol. The third-order valence-electron chi connectivity index (χ3n) is 6.59. The Labute approximate surface area is 188 Å². The summed E-state index contributed by atoms with van der Waals surface area (Å²) in [6.07, 6.45) is 7.19. The first-order valence-corrected chi connectivity index (χ1v) is 12.9. The fourth-order valence-electron chi connectivity index (χ4n) is 4.47. The fourth-order valence-corrected chi connectivity index (χ4v) is 5.11. The number of hydrogen-bond donors (Lipinski definition) is 1. The molecule has 1 aliphatic carbocycles. The molecule has 1 aromatic heterocycles. The summed E-state index contributed by atoms with van der Waals surface area (Å²) in [5.41, 5.74) is 1.10. The van der Waals surface area contributed by atoms with Crippen molar-refractivity contribution in [2.24, 2.45) is 17.8 Å². The van der Waals surface area contributed by atoms with Crippen LogP contribution < -0.4 is 4.90 Å². The van der Waals surface area contributed by atoms with Crippen molar-refractivity contribution in [2.75, 3.05) is 30.9 Å². The Morgan fingerprint density at radius 3 is 2.53 bits per heavy atom. The third-order valence-corrected chi connectivity index (χ3v) is 7.70. The number of hydrogen-bond acceptors (Lipinski definition) is 7. The number of aromatic nitrogens is 2. The van der Waals surface area contributed by atoms with Gasteiger partial charge in [0.1, 0.15) is 5.82 Å². The quantitative estimate of drug-likeness (QED) is 0.643. The van der Waals surface area contributed by atoms with E-state index in [-0.39, 0.29) is 11.5 Å². The van der Waals surface area contributed by atoms with E-state index in [0.29, 0.717) is 35.9 Å². The number of ether oxygens (including phenoxy) is 1. The second-order valence-electron chi connectivity index (χ2n) is 9.02. The van der Waals surface area contributed by atoms with Gasteiger partial charge in [-0.05, 0) is 56.1 Å². The number of sulfone groups is 1. The van der Waals surface area contributed by atoms with Crippen LogP contribution in [0.15, 0.2) is 35.5 Å². The molecule has 32 heavy (non-hydrogen) atoms. The number of aliphatic hydroxyl groups excluding tert-OH is 1. The molecule has 2 aromatic rings. The number of aliphatic hydroxyl groups is 1. The molecule has 0 spiro atoms. The first kappa shape index (κ1) is 23.1. The first-order chi connectivity index (χ1) is 15.2. The molecule has 174 valence electrons. The lowest BCUT2D eigenvalue weighted by Crippen LogP contribution is -2.35. The van der Waals surface area contributed by atoms with Gasteiger partial charge < -0.3 is 14.7 Å². The zero-order valence-electron chi connectivity index (χ0n) is 18.4. The van der Waals surface area contributed by atoms with Crippen LogP contribution in [0.1, 0.15) is 43.4 Å². The second-order valence-corrected chi connectivity index (χ2v) is 11.0. The summed E-state index contributed by atoms with van der Waals surface area (Å²) < 4.78 is 42.9. The molecule has 1 saturated carbocycles. The summed E-state index contributed by atoms with van der Waals surface area (Å²) in [6, 6.07) is 3.97. The van der Waals surface area contributed by atoms with Crippen LogP contribution in [0, 0.1) is 23.6 Å². The van der Waals surface area contributed by atoms with Crippen LogP contribution in [0.3, 0.4) is 0 Å². The van der Waals surface area contributed by atoms with Gasteiger partial charge in [-0.1, -0.05) is 6.07 Å². The van der Waals surface area contributed by atoms with E-state index in [4.69, 9.17) is 4.74 Å². The van der Waals surface area contributed by atoms with Gasteiger partial charge in [-0.25, -0.2) is 22.8 Å². The van der Waals surface area contributed by atoms with E-state index in [1.54, 1.807) is 19.3 Å². The Kier molecular flexibility index (Phi) is 6.78. The highest BCUT2D eigenvalue weighted by molar-refractivity contribution is 7.90. The third kappa shape index (κ3) is 5.44. The molecule has 1 aromatic carbocycles. The number of rotatable bonds is 8. The van der Waals surface area contributed by atoms with Gasteiger partial charge in [-0.15, -0.1) is 0 Å². The van der Waals surface area contributed by atoms with Crippen LogP contribution in [-0.2, 0) is 21.2 Å². The van der Waals surface area contributed by atoms with Gasteiger partial charge in [0.15, 0.2) is 9.84 Å². The number of piperidine rings is 1. The van der Waals surface area contributed by atoms with Crippen molar-refractivity contribution < 1.29 is 22.7 Å². The highest BCUT2D eigenvalue weighted by atomic mass is 32.2. The number of nitrogens with zero attached hydrogens (tertiary/aromatic N) is 3. The zero-order valence-corrected chi connectivity index (χ0v) is 19.3. The largest absolute Gasteiger partial charge is 0.389 e. The topological polar surface area (TPSA) is 92.6 Å². The van der Waals surface area contributed by atoms with Gasteiger partial charge >= 0.3 is 0 Å². The summed E-state index contributed by atoms with van der Waals surface area (Å²) in [4.78, 5) is 11.0. The Morgan fingerprint density at radius 2 is 1.94 bits per heavy atom. The van der Waals surface area contributed by atoms with E-state index in [1.165, 1.54) is 12.1 Å². The molecule has 0 bridgehead atoms. The number of halogens is 1. The molecule has 2 aliphatic rings. The van der Waals surface area contributed by atoms with E-state index in [2.05, 4.69) is 14.9 Å². The number of anilines is 1. The molecule has 9 heteroatoms. The minimum absolute atomic E-state index is 0.0170. The molecule has 1 N–H and O–H groups in total. The van der Waals surface area contributed by atoms with E-state index in [0.717, 1.165) is 50.2 Å². The zero-order chi connectivity index (χ0) is 22.9. The summed E-state index contributed by atoms with van der Waals surface area (Å²) >= 11 is 0. The highest BCUT2D eigenvalue weighted by Crippen LogP contribution is 2.48. The van der Waals surface area contributed by atoms with Crippen molar-refractivity contribution >= 4 is 15.8 Å². The fraction of sp³-hybridized carbons (Fsp3) is 0.565. The van der Waals surface area contributed by atoms with E-state index in [1.807, 2.05) is 0 Å². The molecule has 0 radical (unpaired) electrons. The lowest BCUT2D eigenvalue weighted by atomic mass is 9.91. The Bertz CT molecular complexity index is 1040. The van der Waals surface area contributed by atoms with Crippen molar-refractivity contribution in [2.45, 2.75) is 43.8 Å². The molecule has 4 rings (SSSR count). The highest BCUT2D eigenvalue weighted by Gasteiger charge is 2.43. The smallest absolute Gasteiger partial charge is 0.225 e. The van der Waals surface area contributed by atoms with Gasteiger partial charge in [-0.2, -0.15) is 0 Å². The van der Waals surface area contributed by atoms with Gasteiger partial charge in [-0.3, -0.25) is 0 Å². The van der Waals surface area contributed by atoms with Crippen LogP contribution in [0.5, 0.6) is 0 Å². The van der Waals surface area contributed by atoms with Crippen LogP contribution in [-0.4, -0.2) is 49.4 Å². The predicted octanol–water partition coefficient (Wildman–Crippen LogP) is 3.14. The summed E-state index contributed by atoms with van der Waals surface area (Å²) in [5, 5.41) is 9.59. The van der Waals surface area contributed by atoms with E-state index < -0.39 is 21.8 Å². The summed E-state index contributed by atoms with van der Waals surface area (Å²) in [7, 11) is -3.42. The van der Waals surface area contributed by atoms with Crippen LogP contribution in [0.4, 0.5) is 10.3 Å². The predicted molar refractivity (Wildman–Crippen MR) is 118 cm³/mol. The Morgan fingerprint density at radius 1 is 1.25 bits per heavy atom. The second kappa shape index (κ2) is 9.41. The molecule has 2 heterocycles. The Balaban J connectivity index is 1.20. The maximum atomic E-state index is 14.2. The van der Waals surface area contributed by atoms with Crippen molar-refractivity contribution in [3.63, 3.8) is 0 Å². The normalized spacial score (nSPS) is 22.7. The SMILES string of the molecule is C[C@@H](O)c1cnc(N2CCC(C3C[C@H]3COCc3ccc(S(C)(=O)=O)cc3F)CC2)nc1. The minimum Gasteiger partial charge on any atom is -0.389 e. The molecule has 3 atom stereocenters. The lowest BCUT2D eigenvalue weighted by Gasteiger charge is -2.32. The van der Waals surface area contributed by atoms with Gasteiger partial charge in [0, 0.05) is 42.9 Å². The van der Waals surface area contributed by atoms with Crippen molar-refractivity contribution in [1.29, 1.82) is 0 Å². The molecule has 0 amide bonds. The number of benzene rings is 1. The molecule has 1 saturated heterocycles. The Hall–Kier alpha value is -2.10. The maximum absolute atomic E-state index is 14.2. The van der Waals surface area contributed by atoms with Crippen molar-refractivity contribution in [3.05, 3.63) is 47.5 Å². The van der Waals surface area contributed by atoms with Crippen LogP contribution in [0.2, 0.25) is 0 Å². The maximum Gasteiger partial charge on any atom is 0.225 e. The summed E-state index contributed by atoms with van der Waals surface area (Å²) in [5.74, 6) is 1.98. The standard InChI is InChI=1S/C23H30FN3O4S/c1-15(28)19-11-25-23(26-12-19)27-7-5-16(6-8-27)21-9-18(21)14-31-13-17-3-4-20(10-22(17)24)32(2,29)30/h3-4,10-12,15-16,18,21,28H,5-9,13-14H2,1-2H3/t15-,18+,21?/m1/s1. The first-order valence-electron chi connectivity index (χ1n) is 11.0. The van der Waals surface area contributed by atoms with Gasteiger partial charge in [0.2, 0.25) is 5.95 Å². The van der Waals surface area contributed by atoms with Crippen molar-refractivity contribution in [3.8, 4) is 0 Å². The minimum atomic E-state index is -3.42. The van der Waals surface area contributed by atoms with Gasteiger partial charge in [0.25, 0.3) is 0 Å². The molecule has 2 fully saturated rings. The van der Waals surface area contributed by atoms with E-state index in [9.17, 15) is 17.9 Å². The van der Waals surface area contributed by atoms with Crippen molar-refractivity contribution in [1.82, 2.24) is 9.97 Å². The van der Waals surface area contributed by atoms with E-state index >= 15 is 0 Å². The van der Waals surface area contributed by atoms with Crippen LogP contribution >= 0.6 is 0 Å². The molecular formula is C23H30FN3O4S.